The van der Waals surface area contributed by atoms with E-state index in [9.17, 15) is 19.5 Å². The number of hydrogen-bond acceptors (Lipinski definition) is 6. The number of carbonyl (C=O) groups excluding carboxylic acids is 2. The highest BCUT2D eigenvalue weighted by Crippen LogP contribution is 2.34. The standard InChI is InChI=1S/C27H27NO6/c1-17-19(11-12-25(29)28-13-7-3-6-10-26(30)31)27(32)34-24-15-23-21(14-20(17)24)22(16-33-23)18-8-4-2-5-9-18/h2,4-5,8-9,14-16H,3,6-7,10-13H2,1H3,(H,28,29)(H,30,31)/p-1. The molecule has 0 aliphatic rings. The molecule has 0 saturated carbocycles. The van der Waals surface area contributed by atoms with Crippen LogP contribution in [-0.2, 0) is 16.0 Å². The number of nitrogens with one attached hydrogen (secondary N) is 1. The van der Waals surface area contributed by atoms with Gasteiger partial charge in [0, 0.05) is 46.9 Å². The average Bonchev–Trinajstić information content (AvgIpc) is 3.23. The Kier molecular flexibility index (Phi) is 7.11. The second-order valence-corrected chi connectivity index (χ2v) is 8.39. The van der Waals surface area contributed by atoms with Gasteiger partial charge < -0.3 is 24.1 Å². The van der Waals surface area contributed by atoms with Crippen LogP contribution in [0, 0.1) is 6.92 Å². The zero-order valence-electron chi connectivity index (χ0n) is 19.0. The van der Waals surface area contributed by atoms with Gasteiger partial charge in [-0.15, -0.1) is 0 Å². The molecule has 7 heteroatoms. The van der Waals surface area contributed by atoms with Gasteiger partial charge in [-0.3, -0.25) is 4.79 Å². The van der Waals surface area contributed by atoms with E-state index in [4.69, 9.17) is 8.83 Å². The van der Waals surface area contributed by atoms with Gasteiger partial charge in [-0.05, 0) is 49.8 Å². The number of aliphatic carboxylic acids is 1. The molecule has 176 valence electrons. The van der Waals surface area contributed by atoms with Crippen LogP contribution in [0.25, 0.3) is 33.1 Å². The molecule has 0 fully saturated rings. The van der Waals surface area contributed by atoms with Crippen LogP contribution in [-0.4, -0.2) is 18.4 Å². The number of fused-ring (bicyclic) bond motifs is 2. The number of amides is 1. The Balaban J connectivity index is 1.49. The maximum absolute atomic E-state index is 12.6. The van der Waals surface area contributed by atoms with Crippen LogP contribution in [0.2, 0.25) is 0 Å². The lowest BCUT2D eigenvalue weighted by Crippen LogP contribution is -2.26. The molecular weight excluding hydrogens is 434 g/mol. The van der Waals surface area contributed by atoms with Gasteiger partial charge in [-0.1, -0.05) is 36.8 Å². The van der Waals surface area contributed by atoms with Gasteiger partial charge in [-0.25, -0.2) is 4.79 Å². The molecule has 0 aliphatic heterocycles. The first-order chi connectivity index (χ1) is 16.4. The van der Waals surface area contributed by atoms with E-state index in [-0.39, 0.29) is 25.2 Å². The van der Waals surface area contributed by atoms with Gasteiger partial charge in [0.1, 0.15) is 11.2 Å². The van der Waals surface area contributed by atoms with Crippen LogP contribution < -0.4 is 16.0 Å². The summed E-state index contributed by atoms with van der Waals surface area (Å²) in [5.41, 5.74) is 3.92. The van der Waals surface area contributed by atoms with E-state index in [2.05, 4.69) is 5.32 Å². The molecule has 0 radical (unpaired) electrons. The summed E-state index contributed by atoms with van der Waals surface area (Å²) in [4.78, 5) is 35.3. The molecule has 0 bridgehead atoms. The molecule has 0 spiro atoms. The van der Waals surface area contributed by atoms with E-state index in [0.717, 1.165) is 27.5 Å². The van der Waals surface area contributed by atoms with Crippen molar-refractivity contribution in [2.24, 2.45) is 0 Å². The Labute approximate surface area is 196 Å². The lowest BCUT2D eigenvalue weighted by Gasteiger charge is -2.09. The number of benzene rings is 2. The van der Waals surface area contributed by atoms with Crippen molar-refractivity contribution in [2.75, 3.05) is 6.54 Å². The largest absolute Gasteiger partial charge is 0.550 e. The fourth-order valence-electron chi connectivity index (χ4n) is 4.17. The summed E-state index contributed by atoms with van der Waals surface area (Å²) in [6.45, 7) is 2.34. The van der Waals surface area contributed by atoms with Gasteiger partial charge in [0.05, 0.1) is 6.26 Å². The second kappa shape index (κ2) is 10.4. The summed E-state index contributed by atoms with van der Waals surface area (Å²) in [5, 5.41) is 15.0. The Morgan fingerprint density at radius 3 is 2.53 bits per heavy atom. The Hall–Kier alpha value is -3.87. The highest BCUT2D eigenvalue weighted by atomic mass is 16.4. The summed E-state index contributed by atoms with van der Waals surface area (Å²) in [6, 6.07) is 13.6. The van der Waals surface area contributed by atoms with Crippen molar-refractivity contribution in [1.29, 1.82) is 0 Å². The number of rotatable bonds is 10. The first kappa shape index (κ1) is 23.3. The lowest BCUT2D eigenvalue weighted by molar-refractivity contribution is -0.305. The van der Waals surface area contributed by atoms with Gasteiger partial charge >= 0.3 is 5.63 Å². The number of carboxylic acids is 1. The minimum Gasteiger partial charge on any atom is -0.550 e. The Morgan fingerprint density at radius 1 is 0.971 bits per heavy atom. The monoisotopic (exact) mass is 460 g/mol. The Morgan fingerprint density at radius 2 is 1.76 bits per heavy atom. The number of unbranched alkanes of at least 4 members (excludes halogenated alkanes) is 2. The first-order valence-electron chi connectivity index (χ1n) is 11.4. The molecule has 2 aromatic heterocycles. The quantitative estimate of drug-likeness (QED) is 0.284. The maximum atomic E-state index is 12.6. The molecule has 1 amide bonds. The zero-order valence-corrected chi connectivity index (χ0v) is 19.0. The topological polar surface area (TPSA) is 113 Å². The highest BCUT2D eigenvalue weighted by molar-refractivity contribution is 6.02. The van der Waals surface area contributed by atoms with Crippen molar-refractivity contribution >= 4 is 33.8 Å². The number of hydrogen-bond donors (Lipinski definition) is 1. The smallest absolute Gasteiger partial charge is 0.339 e. The van der Waals surface area contributed by atoms with Crippen LogP contribution in [0.15, 0.2) is 62.4 Å². The maximum Gasteiger partial charge on any atom is 0.339 e. The molecule has 4 rings (SSSR count). The van der Waals surface area contributed by atoms with Crippen molar-refractivity contribution in [2.45, 2.75) is 45.4 Å². The summed E-state index contributed by atoms with van der Waals surface area (Å²) in [5.74, 6) is -1.21. The Bertz CT molecular complexity index is 1380. The van der Waals surface area contributed by atoms with E-state index < -0.39 is 11.6 Å². The average molecular weight is 461 g/mol. The molecule has 2 aromatic carbocycles. The summed E-state index contributed by atoms with van der Waals surface area (Å²) in [7, 11) is 0. The van der Waals surface area contributed by atoms with Crippen molar-refractivity contribution in [3.63, 3.8) is 0 Å². The predicted molar refractivity (Wildman–Crippen MR) is 127 cm³/mol. The SMILES string of the molecule is Cc1c(CCC(=O)NCCCCCC(=O)[O-])c(=O)oc2cc3occ(-c4ccccc4)c3cc12. The van der Waals surface area contributed by atoms with Crippen LogP contribution in [0.1, 0.15) is 43.2 Å². The molecular formula is C27H26NO6-. The van der Waals surface area contributed by atoms with Crippen molar-refractivity contribution in [3.05, 3.63) is 70.3 Å². The van der Waals surface area contributed by atoms with E-state index >= 15 is 0 Å². The fourth-order valence-corrected chi connectivity index (χ4v) is 4.17. The summed E-state index contributed by atoms with van der Waals surface area (Å²) >= 11 is 0. The third-order valence-corrected chi connectivity index (χ3v) is 6.05. The summed E-state index contributed by atoms with van der Waals surface area (Å²) in [6.07, 6.45) is 4.11. The van der Waals surface area contributed by atoms with Crippen LogP contribution in [0.3, 0.4) is 0 Å². The second-order valence-electron chi connectivity index (χ2n) is 8.39. The minimum atomic E-state index is -1.06. The van der Waals surface area contributed by atoms with Gasteiger partial charge in [-0.2, -0.15) is 0 Å². The lowest BCUT2D eigenvalue weighted by atomic mass is 9.99. The third-order valence-electron chi connectivity index (χ3n) is 6.05. The van der Waals surface area contributed by atoms with Crippen LogP contribution in [0.4, 0.5) is 0 Å². The summed E-state index contributed by atoms with van der Waals surface area (Å²) < 4.78 is 11.3. The molecule has 7 nitrogen and oxygen atoms in total. The number of carbonyl (C=O) groups is 2. The van der Waals surface area contributed by atoms with E-state index in [0.29, 0.717) is 42.5 Å². The molecule has 2 heterocycles. The number of furan rings is 1. The molecule has 0 saturated heterocycles. The molecule has 0 atom stereocenters. The fraction of sp³-hybridized carbons (Fsp3) is 0.296. The van der Waals surface area contributed by atoms with Gasteiger partial charge in [0.15, 0.2) is 0 Å². The predicted octanol–water partition coefficient (Wildman–Crippen LogP) is 3.87. The highest BCUT2D eigenvalue weighted by Gasteiger charge is 2.16. The van der Waals surface area contributed by atoms with Crippen LogP contribution in [0.5, 0.6) is 0 Å². The molecule has 34 heavy (non-hydrogen) atoms. The first-order valence-corrected chi connectivity index (χ1v) is 11.4. The minimum absolute atomic E-state index is 0.0307. The van der Waals surface area contributed by atoms with Crippen molar-refractivity contribution < 1.29 is 23.5 Å². The third kappa shape index (κ3) is 5.20. The normalized spacial score (nSPS) is 11.2. The molecule has 4 aromatic rings. The molecule has 0 aliphatic carbocycles. The number of aryl methyl sites for hydroxylation is 1. The zero-order chi connectivity index (χ0) is 24.1. The van der Waals surface area contributed by atoms with Gasteiger partial charge in [0.25, 0.3) is 0 Å². The number of carboxylic acid groups (broad SMARTS) is 1. The molecule has 0 unspecified atom stereocenters. The molecule has 1 N–H and O–H groups in total. The van der Waals surface area contributed by atoms with E-state index in [1.807, 2.05) is 43.3 Å². The van der Waals surface area contributed by atoms with Crippen molar-refractivity contribution in [1.82, 2.24) is 5.32 Å². The van der Waals surface area contributed by atoms with E-state index in [1.54, 1.807) is 12.3 Å². The van der Waals surface area contributed by atoms with Gasteiger partial charge in [0.2, 0.25) is 5.91 Å². The van der Waals surface area contributed by atoms with Crippen molar-refractivity contribution in [3.8, 4) is 11.1 Å². The van der Waals surface area contributed by atoms with E-state index in [1.165, 1.54) is 0 Å². The van der Waals surface area contributed by atoms with Crippen LogP contribution >= 0.6 is 0 Å².